The molecule has 2 rings (SSSR count). The van der Waals surface area contributed by atoms with Crippen LogP contribution < -0.4 is 4.74 Å². The third-order valence-electron chi connectivity index (χ3n) is 3.31. The van der Waals surface area contributed by atoms with E-state index in [1.807, 2.05) is 30.3 Å². The maximum atomic E-state index is 9.53. The Morgan fingerprint density at radius 2 is 1.80 bits per heavy atom. The number of aryl methyl sites for hydroxylation is 1. The Morgan fingerprint density at radius 3 is 2.55 bits per heavy atom. The van der Waals surface area contributed by atoms with Gasteiger partial charge in [-0.15, -0.1) is 0 Å². The van der Waals surface area contributed by atoms with Crippen LogP contribution in [0.15, 0.2) is 54.6 Å². The standard InChI is InChI=1S/C18H22O2/c1-15(19)17-11-7-12-18(14-17)20-13-6-5-10-16-8-3-2-4-9-16/h2-4,7-9,11-12,14-15,19H,5-6,10,13H2,1H3/t15-/m1/s1. The second-order valence-electron chi connectivity index (χ2n) is 5.04. The van der Waals surface area contributed by atoms with Gasteiger partial charge in [0, 0.05) is 0 Å². The van der Waals surface area contributed by atoms with E-state index in [2.05, 4.69) is 24.3 Å². The average molecular weight is 270 g/mol. The quantitative estimate of drug-likeness (QED) is 0.766. The highest BCUT2D eigenvalue weighted by molar-refractivity contribution is 5.29. The van der Waals surface area contributed by atoms with Crippen LogP contribution in [0.1, 0.15) is 37.0 Å². The molecule has 2 aromatic rings. The molecule has 2 nitrogen and oxygen atoms in total. The van der Waals surface area contributed by atoms with Crippen molar-refractivity contribution in [2.75, 3.05) is 6.61 Å². The van der Waals surface area contributed by atoms with Crippen LogP contribution >= 0.6 is 0 Å². The molecular weight excluding hydrogens is 248 g/mol. The van der Waals surface area contributed by atoms with Crippen LogP contribution in [0.2, 0.25) is 0 Å². The van der Waals surface area contributed by atoms with E-state index in [0.717, 1.165) is 37.2 Å². The summed E-state index contributed by atoms with van der Waals surface area (Å²) in [7, 11) is 0. The van der Waals surface area contributed by atoms with Crippen LogP contribution in [0, 0.1) is 0 Å². The number of aliphatic hydroxyl groups is 1. The highest BCUT2D eigenvalue weighted by Gasteiger charge is 2.02. The number of rotatable bonds is 7. The zero-order valence-electron chi connectivity index (χ0n) is 12.0. The molecule has 0 saturated heterocycles. The minimum Gasteiger partial charge on any atom is -0.494 e. The number of ether oxygens (including phenoxy) is 1. The van der Waals surface area contributed by atoms with Crippen molar-refractivity contribution in [1.29, 1.82) is 0 Å². The van der Waals surface area contributed by atoms with Crippen LogP contribution in [0.3, 0.4) is 0 Å². The summed E-state index contributed by atoms with van der Waals surface area (Å²) in [5.74, 6) is 0.836. The molecule has 0 radical (unpaired) electrons. The van der Waals surface area contributed by atoms with Gasteiger partial charge in [-0.05, 0) is 49.4 Å². The maximum absolute atomic E-state index is 9.53. The summed E-state index contributed by atoms with van der Waals surface area (Å²) in [5, 5.41) is 9.53. The van der Waals surface area contributed by atoms with Crippen molar-refractivity contribution in [3.8, 4) is 5.75 Å². The number of unbranched alkanes of at least 4 members (excludes halogenated alkanes) is 1. The van der Waals surface area contributed by atoms with Gasteiger partial charge in [-0.2, -0.15) is 0 Å². The Bertz CT molecular complexity index is 506. The summed E-state index contributed by atoms with van der Waals surface area (Å²) in [6.07, 6.45) is 2.81. The normalized spacial score (nSPS) is 12.1. The lowest BCUT2D eigenvalue weighted by Gasteiger charge is -2.09. The third kappa shape index (κ3) is 4.71. The van der Waals surface area contributed by atoms with E-state index in [1.54, 1.807) is 6.92 Å². The maximum Gasteiger partial charge on any atom is 0.119 e. The molecule has 0 unspecified atom stereocenters. The van der Waals surface area contributed by atoms with Crippen molar-refractivity contribution >= 4 is 0 Å². The Labute approximate surface area is 121 Å². The highest BCUT2D eigenvalue weighted by atomic mass is 16.5. The van der Waals surface area contributed by atoms with Crippen molar-refractivity contribution < 1.29 is 9.84 Å². The molecule has 1 atom stereocenters. The van der Waals surface area contributed by atoms with E-state index in [1.165, 1.54) is 5.56 Å². The van der Waals surface area contributed by atoms with Crippen molar-refractivity contribution in [2.45, 2.75) is 32.3 Å². The van der Waals surface area contributed by atoms with E-state index in [9.17, 15) is 5.11 Å². The largest absolute Gasteiger partial charge is 0.494 e. The number of hydrogen-bond donors (Lipinski definition) is 1. The summed E-state index contributed by atoms with van der Waals surface area (Å²) >= 11 is 0. The van der Waals surface area contributed by atoms with Crippen LogP contribution in [0.25, 0.3) is 0 Å². The Balaban J connectivity index is 1.69. The van der Waals surface area contributed by atoms with Gasteiger partial charge in [-0.3, -0.25) is 0 Å². The summed E-state index contributed by atoms with van der Waals surface area (Å²) in [4.78, 5) is 0. The minimum absolute atomic E-state index is 0.448. The first-order valence-corrected chi connectivity index (χ1v) is 7.20. The molecule has 0 bridgehead atoms. The average Bonchev–Trinajstić information content (AvgIpc) is 2.48. The lowest BCUT2D eigenvalue weighted by Crippen LogP contribution is -1.99. The predicted molar refractivity (Wildman–Crippen MR) is 82.0 cm³/mol. The Kier molecular flexibility index (Phi) is 5.63. The molecule has 0 aliphatic rings. The minimum atomic E-state index is -0.448. The van der Waals surface area contributed by atoms with Gasteiger partial charge >= 0.3 is 0 Å². The first-order chi connectivity index (χ1) is 9.75. The van der Waals surface area contributed by atoms with E-state index in [0.29, 0.717) is 0 Å². The van der Waals surface area contributed by atoms with Crippen LogP contribution in [0.5, 0.6) is 5.75 Å². The van der Waals surface area contributed by atoms with Crippen molar-refractivity contribution in [2.24, 2.45) is 0 Å². The lowest BCUT2D eigenvalue weighted by atomic mass is 10.1. The van der Waals surface area contributed by atoms with Gasteiger partial charge in [-0.25, -0.2) is 0 Å². The second kappa shape index (κ2) is 7.71. The number of benzene rings is 2. The van der Waals surface area contributed by atoms with E-state index in [4.69, 9.17) is 4.74 Å². The van der Waals surface area contributed by atoms with Gasteiger partial charge in [0.05, 0.1) is 12.7 Å². The molecule has 0 aromatic heterocycles. The van der Waals surface area contributed by atoms with Gasteiger partial charge in [0.2, 0.25) is 0 Å². The molecule has 0 saturated carbocycles. The van der Waals surface area contributed by atoms with Crippen LogP contribution in [0.4, 0.5) is 0 Å². The molecule has 0 fully saturated rings. The van der Waals surface area contributed by atoms with Gasteiger partial charge in [0.15, 0.2) is 0 Å². The fourth-order valence-corrected chi connectivity index (χ4v) is 2.13. The summed E-state index contributed by atoms with van der Waals surface area (Å²) in [5.41, 5.74) is 2.27. The fraction of sp³-hybridized carbons (Fsp3) is 0.333. The number of aliphatic hydroxyl groups excluding tert-OH is 1. The van der Waals surface area contributed by atoms with E-state index >= 15 is 0 Å². The Morgan fingerprint density at radius 1 is 1.00 bits per heavy atom. The number of hydrogen-bond acceptors (Lipinski definition) is 2. The highest BCUT2D eigenvalue weighted by Crippen LogP contribution is 2.19. The molecule has 20 heavy (non-hydrogen) atoms. The van der Waals surface area contributed by atoms with Gasteiger partial charge in [0.1, 0.15) is 5.75 Å². The topological polar surface area (TPSA) is 29.5 Å². The van der Waals surface area contributed by atoms with Crippen LogP contribution in [-0.4, -0.2) is 11.7 Å². The second-order valence-corrected chi connectivity index (χ2v) is 5.04. The van der Waals surface area contributed by atoms with Crippen molar-refractivity contribution in [3.63, 3.8) is 0 Å². The van der Waals surface area contributed by atoms with Crippen molar-refractivity contribution in [1.82, 2.24) is 0 Å². The summed E-state index contributed by atoms with van der Waals surface area (Å²) in [6, 6.07) is 18.2. The Hall–Kier alpha value is -1.80. The van der Waals surface area contributed by atoms with E-state index in [-0.39, 0.29) is 0 Å². The van der Waals surface area contributed by atoms with Crippen LogP contribution in [-0.2, 0) is 6.42 Å². The molecule has 2 aromatic carbocycles. The molecule has 0 amide bonds. The van der Waals surface area contributed by atoms with E-state index < -0.39 is 6.10 Å². The third-order valence-corrected chi connectivity index (χ3v) is 3.31. The monoisotopic (exact) mass is 270 g/mol. The van der Waals surface area contributed by atoms with Gasteiger partial charge < -0.3 is 9.84 Å². The first kappa shape index (κ1) is 14.6. The molecule has 0 aliphatic carbocycles. The zero-order valence-corrected chi connectivity index (χ0v) is 12.0. The predicted octanol–water partition coefficient (Wildman–Crippen LogP) is 4.14. The molecule has 0 aliphatic heterocycles. The lowest BCUT2D eigenvalue weighted by molar-refractivity contribution is 0.198. The summed E-state index contributed by atoms with van der Waals surface area (Å²) < 4.78 is 5.72. The zero-order chi connectivity index (χ0) is 14.2. The summed E-state index contributed by atoms with van der Waals surface area (Å²) in [6.45, 7) is 2.48. The SMILES string of the molecule is C[C@@H](O)c1cccc(OCCCCc2ccccc2)c1. The smallest absolute Gasteiger partial charge is 0.119 e. The molecular formula is C18H22O2. The molecule has 2 heteroatoms. The van der Waals surface area contributed by atoms with Gasteiger partial charge in [0.25, 0.3) is 0 Å². The molecule has 1 N–H and O–H groups in total. The first-order valence-electron chi connectivity index (χ1n) is 7.20. The molecule has 0 heterocycles. The fourth-order valence-electron chi connectivity index (χ4n) is 2.13. The van der Waals surface area contributed by atoms with Crippen molar-refractivity contribution in [3.05, 3.63) is 65.7 Å². The van der Waals surface area contributed by atoms with Gasteiger partial charge in [-0.1, -0.05) is 42.5 Å². The molecule has 106 valence electrons. The molecule has 0 spiro atoms.